The molecule has 1 aromatic rings. The highest BCUT2D eigenvalue weighted by Crippen LogP contribution is 2.15. The first kappa shape index (κ1) is 20.0. The number of hydrogen-bond donors (Lipinski definition) is 2. The van der Waals surface area contributed by atoms with Crippen LogP contribution in [-0.2, 0) is 11.3 Å². The summed E-state index contributed by atoms with van der Waals surface area (Å²) in [6, 6.07) is 3.89. The van der Waals surface area contributed by atoms with Gasteiger partial charge in [0.1, 0.15) is 0 Å². The molecule has 0 spiro atoms. The van der Waals surface area contributed by atoms with Gasteiger partial charge in [0, 0.05) is 31.5 Å². The second-order valence-corrected chi connectivity index (χ2v) is 5.11. The second-order valence-electron chi connectivity index (χ2n) is 5.11. The highest BCUT2D eigenvalue weighted by molar-refractivity contribution is 14.0. The Balaban J connectivity index is 0.00000264. The van der Waals surface area contributed by atoms with E-state index < -0.39 is 0 Å². The van der Waals surface area contributed by atoms with Gasteiger partial charge in [-0.05, 0) is 32.8 Å². The van der Waals surface area contributed by atoms with Gasteiger partial charge < -0.3 is 20.1 Å². The Kier molecular flexibility index (Phi) is 9.93. The van der Waals surface area contributed by atoms with E-state index in [9.17, 15) is 0 Å². The molecule has 1 saturated heterocycles. The SMILES string of the molecule is CCNC(=NCc1cccnc1OCC)NCC1CCCO1.I. The van der Waals surface area contributed by atoms with Gasteiger partial charge in [0.2, 0.25) is 5.88 Å². The third kappa shape index (κ3) is 6.90. The van der Waals surface area contributed by atoms with Crippen molar-refractivity contribution >= 4 is 29.9 Å². The number of guanidine groups is 1. The summed E-state index contributed by atoms with van der Waals surface area (Å²) in [7, 11) is 0. The Bertz CT molecular complexity index is 479. The van der Waals surface area contributed by atoms with E-state index in [-0.39, 0.29) is 24.0 Å². The molecular weight excluding hydrogens is 407 g/mol. The van der Waals surface area contributed by atoms with Crippen LogP contribution in [0.4, 0.5) is 0 Å². The van der Waals surface area contributed by atoms with Crippen molar-refractivity contribution in [3.63, 3.8) is 0 Å². The number of ether oxygens (including phenoxy) is 2. The molecule has 1 aromatic heterocycles. The Morgan fingerprint density at radius 1 is 1.43 bits per heavy atom. The first-order chi connectivity index (χ1) is 10.8. The van der Waals surface area contributed by atoms with Gasteiger partial charge in [0.15, 0.2) is 5.96 Å². The van der Waals surface area contributed by atoms with E-state index in [4.69, 9.17) is 9.47 Å². The molecule has 2 rings (SSSR count). The van der Waals surface area contributed by atoms with Crippen molar-refractivity contribution in [1.29, 1.82) is 0 Å². The van der Waals surface area contributed by atoms with E-state index in [0.717, 1.165) is 44.1 Å². The number of hydrogen-bond acceptors (Lipinski definition) is 4. The van der Waals surface area contributed by atoms with Crippen molar-refractivity contribution in [2.24, 2.45) is 4.99 Å². The molecule has 1 aliphatic rings. The van der Waals surface area contributed by atoms with Crippen LogP contribution in [0.25, 0.3) is 0 Å². The molecule has 0 aromatic carbocycles. The fourth-order valence-corrected chi connectivity index (χ4v) is 2.33. The van der Waals surface area contributed by atoms with Crippen LogP contribution in [-0.4, -0.2) is 43.4 Å². The molecule has 7 heteroatoms. The summed E-state index contributed by atoms with van der Waals surface area (Å²) in [4.78, 5) is 8.86. The monoisotopic (exact) mass is 434 g/mol. The zero-order chi connectivity index (χ0) is 15.6. The van der Waals surface area contributed by atoms with E-state index in [1.807, 2.05) is 19.1 Å². The average Bonchev–Trinajstić information content (AvgIpc) is 3.05. The first-order valence-corrected chi connectivity index (χ1v) is 8.04. The van der Waals surface area contributed by atoms with Crippen LogP contribution in [0.5, 0.6) is 5.88 Å². The Morgan fingerprint density at radius 3 is 3.00 bits per heavy atom. The molecule has 1 aliphatic heterocycles. The fraction of sp³-hybridized carbons (Fsp3) is 0.625. The molecule has 1 atom stereocenters. The molecule has 0 bridgehead atoms. The third-order valence-electron chi connectivity index (χ3n) is 3.40. The number of halogens is 1. The van der Waals surface area contributed by atoms with Crippen LogP contribution < -0.4 is 15.4 Å². The van der Waals surface area contributed by atoms with Crippen molar-refractivity contribution in [2.45, 2.75) is 39.3 Å². The molecule has 2 heterocycles. The van der Waals surface area contributed by atoms with Crippen molar-refractivity contribution in [3.8, 4) is 5.88 Å². The van der Waals surface area contributed by atoms with Crippen molar-refractivity contribution in [2.75, 3.05) is 26.3 Å². The van der Waals surface area contributed by atoms with E-state index >= 15 is 0 Å². The summed E-state index contributed by atoms with van der Waals surface area (Å²) in [5, 5.41) is 6.59. The first-order valence-electron chi connectivity index (χ1n) is 8.04. The fourth-order valence-electron chi connectivity index (χ4n) is 2.33. The number of pyridine rings is 1. The predicted octanol–water partition coefficient (Wildman–Crippen LogP) is 2.33. The van der Waals surface area contributed by atoms with E-state index in [2.05, 4.69) is 27.5 Å². The maximum absolute atomic E-state index is 5.62. The molecule has 0 radical (unpaired) electrons. The molecule has 1 unspecified atom stereocenters. The Morgan fingerprint density at radius 2 is 2.30 bits per heavy atom. The molecule has 6 nitrogen and oxygen atoms in total. The van der Waals surface area contributed by atoms with E-state index in [1.165, 1.54) is 0 Å². The topological polar surface area (TPSA) is 67.8 Å². The summed E-state index contributed by atoms with van der Waals surface area (Å²) < 4.78 is 11.1. The normalized spacial score (nSPS) is 17.5. The molecular formula is C16H27IN4O2. The predicted molar refractivity (Wildman–Crippen MR) is 103 cm³/mol. The van der Waals surface area contributed by atoms with Crippen LogP contribution in [0.3, 0.4) is 0 Å². The van der Waals surface area contributed by atoms with Crippen molar-refractivity contribution in [3.05, 3.63) is 23.9 Å². The minimum absolute atomic E-state index is 0. The van der Waals surface area contributed by atoms with Gasteiger partial charge in [-0.25, -0.2) is 9.98 Å². The van der Waals surface area contributed by atoms with E-state index in [1.54, 1.807) is 6.20 Å². The van der Waals surface area contributed by atoms with Crippen LogP contribution in [0.2, 0.25) is 0 Å². The summed E-state index contributed by atoms with van der Waals surface area (Å²) in [5.74, 6) is 1.45. The molecule has 2 N–H and O–H groups in total. The van der Waals surface area contributed by atoms with Gasteiger partial charge in [0.05, 0.1) is 19.3 Å². The minimum atomic E-state index is 0. The molecule has 0 amide bonds. The van der Waals surface area contributed by atoms with Gasteiger partial charge in [-0.1, -0.05) is 6.07 Å². The lowest BCUT2D eigenvalue weighted by molar-refractivity contribution is 0.114. The highest BCUT2D eigenvalue weighted by Gasteiger charge is 2.15. The van der Waals surface area contributed by atoms with Crippen molar-refractivity contribution < 1.29 is 9.47 Å². The second kappa shape index (κ2) is 11.4. The van der Waals surface area contributed by atoms with Gasteiger partial charge >= 0.3 is 0 Å². The molecule has 23 heavy (non-hydrogen) atoms. The summed E-state index contributed by atoms with van der Waals surface area (Å²) in [6.45, 7) is 7.62. The maximum Gasteiger partial charge on any atom is 0.218 e. The molecule has 0 saturated carbocycles. The maximum atomic E-state index is 5.62. The zero-order valence-electron chi connectivity index (χ0n) is 13.9. The molecule has 130 valence electrons. The largest absolute Gasteiger partial charge is 0.478 e. The lowest BCUT2D eigenvalue weighted by Gasteiger charge is -2.15. The Labute approximate surface area is 155 Å². The van der Waals surface area contributed by atoms with Gasteiger partial charge in [-0.2, -0.15) is 0 Å². The van der Waals surface area contributed by atoms with Gasteiger partial charge in [0.25, 0.3) is 0 Å². The third-order valence-corrected chi connectivity index (χ3v) is 3.40. The van der Waals surface area contributed by atoms with Crippen LogP contribution >= 0.6 is 24.0 Å². The van der Waals surface area contributed by atoms with Crippen LogP contribution in [0, 0.1) is 0 Å². The quantitative estimate of drug-likeness (QED) is 0.392. The van der Waals surface area contributed by atoms with Crippen molar-refractivity contribution in [1.82, 2.24) is 15.6 Å². The number of rotatable bonds is 7. The summed E-state index contributed by atoms with van der Waals surface area (Å²) in [5.41, 5.74) is 0.985. The van der Waals surface area contributed by atoms with Gasteiger partial charge in [-0.3, -0.25) is 0 Å². The average molecular weight is 434 g/mol. The van der Waals surface area contributed by atoms with Crippen LogP contribution in [0.15, 0.2) is 23.3 Å². The van der Waals surface area contributed by atoms with E-state index in [0.29, 0.717) is 25.1 Å². The minimum Gasteiger partial charge on any atom is -0.478 e. The highest BCUT2D eigenvalue weighted by atomic mass is 127. The van der Waals surface area contributed by atoms with Gasteiger partial charge in [-0.15, -0.1) is 24.0 Å². The van der Waals surface area contributed by atoms with Crippen LogP contribution in [0.1, 0.15) is 32.3 Å². The summed E-state index contributed by atoms with van der Waals surface area (Å²) in [6.07, 6.45) is 4.29. The lowest BCUT2D eigenvalue weighted by atomic mass is 10.2. The molecule has 0 aliphatic carbocycles. The number of nitrogens with one attached hydrogen (secondary N) is 2. The number of aliphatic imine (C=N–C) groups is 1. The lowest BCUT2D eigenvalue weighted by Crippen LogP contribution is -2.41. The number of nitrogens with zero attached hydrogens (tertiary/aromatic N) is 2. The zero-order valence-corrected chi connectivity index (χ0v) is 16.2. The standard InChI is InChI=1S/C16H26N4O2.HI/c1-3-17-16(20-12-14-8-6-10-22-14)19-11-13-7-5-9-18-15(13)21-4-2;/h5,7,9,14H,3-4,6,8,10-12H2,1-2H3,(H2,17,19,20);1H. The smallest absolute Gasteiger partial charge is 0.218 e. The summed E-state index contributed by atoms with van der Waals surface area (Å²) >= 11 is 0. The number of aromatic nitrogens is 1. The molecule has 1 fully saturated rings. The Hall–Kier alpha value is -1.09.